The number of hydrogen-bond acceptors (Lipinski definition) is 3. The summed E-state index contributed by atoms with van der Waals surface area (Å²) in [7, 11) is 0. The maximum Gasteiger partial charge on any atom is 0.275 e. The van der Waals surface area contributed by atoms with Gasteiger partial charge in [-0.05, 0) is 17.7 Å². The van der Waals surface area contributed by atoms with Gasteiger partial charge in [0, 0.05) is 11.8 Å². The van der Waals surface area contributed by atoms with Crippen molar-refractivity contribution in [3.63, 3.8) is 0 Å². The SMILES string of the molecule is O=C(N/N=C\c1ccccc1)c1cn(-c2ccccc2)nc1-c1ccccc1. The molecule has 0 bridgehead atoms. The van der Waals surface area contributed by atoms with E-state index in [2.05, 4.69) is 15.6 Å². The second-order valence-electron chi connectivity index (χ2n) is 6.15. The van der Waals surface area contributed by atoms with Gasteiger partial charge in [0.2, 0.25) is 0 Å². The van der Waals surface area contributed by atoms with Crippen LogP contribution in [-0.4, -0.2) is 21.9 Å². The molecule has 4 rings (SSSR count). The summed E-state index contributed by atoms with van der Waals surface area (Å²) in [5.41, 5.74) is 6.33. The van der Waals surface area contributed by atoms with Gasteiger partial charge in [-0.15, -0.1) is 0 Å². The molecule has 0 saturated heterocycles. The van der Waals surface area contributed by atoms with Gasteiger partial charge in [0.05, 0.1) is 17.5 Å². The Morgan fingerprint density at radius 2 is 1.46 bits per heavy atom. The molecule has 3 aromatic carbocycles. The van der Waals surface area contributed by atoms with Gasteiger partial charge in [-0.2, -0.15) is 10.2 Å². The molecule has 136 valence electrons. The lowest BCUT2D eigenvalue weighted by atomic mass is 10.1. The van der Waals surface area contributed by atoms with E-state index in [1.807, 2.05) is 91.0 Å². The quantitative estimate of drug-likeness (QED) is 0.423. The second-order valence-corrected chi connectivity index (χ2v) is 6.15. The van der Waals surface area contributed by atoms with Gasteiger partial charge in [-0.25, -0.2) is 10.1 Å². The molecule has 0 spiro atoms. The molecule has 0 atom stereocenters. The molecule has 1 aromatic heterocycles. The molecule has 4 aromatic rings. The summed E-state index contributed by atoms with van der Waals surface area (Å²) in [5, 5.41) is 8.72. The average Bonchev–Trinajstić information content (AvgIpc) is 3.21. The van der Waals surface area contributed by atoms with E-state index in [0.29, 0.717) is 11.3 Å². The van der Waals surface area contributed by atoms with E-state index in [4.69, 9.17) is 0 Å². The minimum absolute atomic E-state index is 0.312. The number of nitrogens with zero attached hydrogens (tertiary/aromatic N) is 3. The zero-order valence-electron chi connectivity index (χ0n) is 15.1. The van der Waals surface area contributed by atoms with Crippen LogP contribution in [0.3, 0.4) is 0 Å². The zero-order valence-corrected chi connectivity index (χ0v) is 15.1. The smallest absolute Gasteiger partial charge is 0.267 e. The maximum atomic E-state index is 12.8. The van der Waals surface area contributed by atoms with Crippen molar-refractivity contribution in [3.8, 4) is 16.9 Å². The van der Waals surface area contributed by atoms with Gasteiger partial charge in [0.15, 0.2) is 0 Å². The molecule has 0 aliphatic carbocycles. The number of rotatable bonds is 5. The Bertz CT molecular complexity index is 1090. The van der Waals surface area contributed by atoms with Gasteiger partial charge in [0.1, 0.15) is 5.69 Å². The fourth-order valence-corrected chi connectivity index (χ4v) is 2.83. The summed E-state index contributed by atoms with van der Waals surface area (Å²) in [6, 6.07) is 28.9. The Morgan fingerprint density at radius 3 is 2.14 bits per heavy atom. The van der Waals surface area contributed by atoms with E-state index in [-0.39, 0.29) is 5.91 Å². The molecule has 5 heteroatoms. The first kappa shape index (κ1) is 17.4. The molecule has 1 heterocycles. The van der Waals surface area contributed by atoms with Crippen molar-refractivity contribution < 1.29 is 4.79 Å². The first-order chi connectivity index (χ1) is 13.8. The van der Waals surface area contributed by atoms with Crippen LogP contribution in [0.5, 0.6) is 0 Å². The monoisotopic (exact) mass is 366 g/mol. The molecule has 0 aliphatic heterocycles. The van der Waals surface area contributed by atoms with Crippen molar-refractivity contribution in [2.24, 2.45) is 5.10 Å². The van der Waals surface area contributed by atoms with Crippen molar-refractivity contribution in [3.05, 3.63) is 108 Å². The van der Waals surface area contributed by atoms with Crippen molar-refractivity contribution in [2.45, 2.75) is 0 Å². The predicted octanol–water partition coefficient (Wildman–Crippen LogP) is 4.30. The number of hydrazone groups is 1. The zero-order chi connectivity index (χ0) is 19.2. The summed E-state index contributed by atoms with van der Waals surface area (Å²) in [6.45, 7) is 0. The summed E-state index contributed by atoms with van der Waals surface area (Å²) in [4.78, 5) is 12.8. The Balaban J connectivity index is 1.65. The number of para-hydroxylation sites is 1. The van der Waals surface area contributed by atoms with Crippen LogP contribution in [0, 0.1) is 0 Å². The highest BCUT2D eigenvalue weighted by Gasteiger charge is 2.18. The summed E-state index contributed by atoms with van der Waals surface area (Å²) >= 11 is 0. The minimum atomic E-state index is -0.312. The Labute approximate surface area is 163 Å². The van der Waals surface area contributed by atoms with Crippen LogP contribution < -0.4 is 5.43 Å². The molecule has 0 fully saturated rings. The third-order valence-electron chi connectivity index (χ3n) is 4.21. The lowest BCUT2D eigenvalue weighted by Crippen LogP contribution is -2.17. The molecular formula is C23H18N4O. The number of aromatic nitrogens is 2. The first-order valence-electron chi connectivity index (χ1n) is 8.90. The molecule has 5 nitrogen and oxygen atoms in total. The van der Waals surface area contributed by atoms with E-state index in [9.17, 15) is 4.79 Å². The van der Waals surface area contributed by atoms with Crippen LogP contribution in [-0.2, 0) is 0 Å². The largest absolute Gasteiger partial charge is 0.275 e. The lowest BCUT2D eigenvalue weighted by molar-refractivity contribution is 0.0956. The van der Waals surface area contributed by atoms with E-state index in [1.54, 1.807) is 17.1 Å². The molecule has 0 saturated carbocycles. The van der Waals surface area contributed by atoms with Crippen LogP contribution >= 0.6 is 0 Å². The Hall–Kier alpha value is -3.99. The van der Waals surface area contributed by atoms with Crippen LogP contribution in [0.2, 0.25) is 0 Å². The van der Waals surface area contributed by atoms with Crippen LogP contribution in [0.1, 0.15) is 15.9 Å². The fourth-order valence-electron chi connectivity index (χ4n) is 2.83. The van der Waals surface area contributed by atoms with E-state index >= 15 is 0 Å². The summed E-state index contributed by atoms with van der Waals surface area (Å²) in [6.07, 6.45) is 3.34. The average molecular weight is 366 g/mol. The maximum absolute atomic E-state index is 12.8. The fraction of sp³-hybridized carbons (Fsp3) is 0. The highest BCUT2D eigenvalue weighted by Crippen LogP contribution is 2.23. The second kappa shape index (κ2) is 8.14. The highest BCUT2D eigenvalue weighted by atomic mass is 16.2. The lowest BCUT2D eigenvalue weighted by Gasteiger charge is -2.01. The minimum Gasteiger partial charge on any atom is -0.267 e. The van der Waals surface area contributed by atoms with Gasteiger partial charge >= 0.3 is 0 Å². The van der Waals surface area contributed by atoms with Gasteiger partial charge in [-0.1, -0.05) is 78.9 Å². The molecular weight excluding hydrogens is 348 g/mol. The van der Waals surface area contributed by atoms with Gasteiger partial charge in [-0.3, -0.25) is 4.79 Å². The highest BCUT2D eigenvalue weighted by molar-refractivity contribution is 6.00. The molecule has 1 N–H and O–H groups in total. The van der Waals surface area contributed by atoms with Crippen molar-refractivity contribution >= 4 is 12.1 Å². The van der Waals surface area contributed by atoms with Crippen molar-refractivity contribution in [1.82, 2.24) is 15.2 Å². The number of carbonyl (C=O) groups is 1. The number of benzene rings is 3. The molecule has 0 aliphatic rings. The normalized spacial score (nSPS) is 10.9. The van der Waals surface area contributed by atoms with E-state index in [0.717, 1.165) is 16.8 Å². The predicted molar refractivity (Wildman–Crippen MR) is 111 cm³/mol. The van der Waals surface area contributed by atoms with Crippen LogP contribution in [0.15, 0.2) is 102 Å². The number of amides is 1. The summed E-state index contributed by atoms with van der Waals surface area (Å²) in [5.74, 6) is -0.312. The first-order valence-corrected chi connectivity index (χ1v) is 8.90. The molecule has 1 amide bonds. The third kappa shape index (κ3) is 3.88. The number of hydrogen-bond donors (Lipinski definition) is 1. The van der Waals surface area contributed by atoms with Crippen LogP contribution in [0.25, 0.3) is 16.9 Å². The van der Waals surface area contributed by atoms with Crippen molar-refractivity contribution in [2.75, 3.05) is 0 Å². The topological polar surface area (TPSA) is 59.3 Å². The van der Waals surface area contributed by atoms with Crippen LogP contribution in [0.4, 0.5) is 0 Å². The Morgan fingerprint density at radius 1 is 0.857 bits per heavy atom. The number of carbonyl (C=O) groups excluding carboxylic acids is 1. The number of nitrogens with one attached hydrogen (secondary N) is 1. The molecule has 0 radical (unpaired) electrons. The van der Waals surface area contributed by atoms with Gasteiger partial charge < -0.3 is 0 Å². The standard InChI is InChI=1S/C23H18N4O/c28-23(25-24-16-18-10-4-1-5-11-18)21-17-27(20-14-8-3-9-15-20)26-22(21)19-12-6-2-7-13-19/h1-17H,(H,25,28)/b24-16-. The van der Waals surface area contributed by atoms with E-state index < -0.39 is 0 Å². The van der Waals surface area contributed by atoms with E-state index in [1.165, 1.54) is 0 Å². The Kier molecular flexibility index (Phi) is 5.06. The molecule has 28 heavy (non-hydrogen) atoms. The summed E-state index contributed by atoms with van der Waals surface area (Å²) < 4.78 is 1.71. The van der Waals surface area contributed by atoms with Gasteiger partial charge in [0.25, 0.3) is 5.91 Å². The molecule has 0 unspecified atom stereocenters. The van der Waals surface area contributed by atoms with Crippen molar-refractivity contribution in [1.29, 1.82) is 0 Å². The third-order valence-corrected chi connectivity index (χ3v) is 4.21.